The van der Waals surface area contributed by atoms with Crippen molar-refractivity contribution in [3.05, 3.63) is 106 Å². The predicted octanol–water partition coefficient (Wildman–Crippen LogP) is 5.13. The largest absolute Gasteiger partial charge is 0.481 e. The summed E-state index contributed by atoms with van der Waals surface area (Å²) < 4.78 is 18.2. The average molecular weight is 580 g/mol. The molecule has 2 aromatic carbocycles. The van der Waals surface area contributed by atoms with Crippen molar-refractivity contribution in [2.45, 2.75) is 38.0 Å². The molecule has 4 aromatic rings. The summed E-state index contributed by atoms with van der Waals surface area (Å²) >= 11 is 0. The summed E-state index contributed by atoms with van der Waals surface area (Å²) in [6.07, 6.45) is 6.21. The highest BCUT2D eigenvalue weighted by Crippen LogP contribution is 2.43. The maximum atomic E-state index is 12.4. The molecule has 2 aromatic heterocycles. The highest BCUT2D eigenvalue weighted by atomic mass is 16.5. The number of aromatic amines is 1. The summed E-state index contributed by atoms with van der Waals surface area (Å²) in [6, 6.07) is 21.0. The van der Waals surface area contributed by atoms with Gasteiger partial charge >= 0.3 is 0 Å². The third kappa shape index (κ3) is 5.83. The third-order valence-corrected chi connectivity index (χ3v) is 8.73. The number of nitrogens with one attached hydrogen (secondary N) is 2. The first-order valence-electron chi connectivity index (χ1n) is 15.1. The first kappa shape index (κ1) is 27.5. The number of fused-ring (bicyclic) bond motifs is 2. The van der Waals surface area contributed by atoms with Gasteiger partial charge in [0, 0.05) is 80.0 Å². The minimum absolute atomic E-state index is 0.0798. The molecule has 2 fully saturated rings. The van der Waals surface area contributed by atoms with Gasteiger partial charge in [-0.15, -0.1) is 0 Å². The maximum Gasteiger partial charge on any atom is 0.271 e. The number of aromatic nitrogens is 2. The van der Waals surface area contributed by atoms with E-state index in [1.807, 2.05) is 18.2 Å². The number of anilines is 2. The van der Waals surface area contributed by atoms with Crippen LogP contribution in [0.25, 0.3) is 0 Å². The van der Waals surface area contributed by atoms with E-state index in [9.17, 15) is 4.79 Å². The molecule has 9 nitrogen and oxygen atoms in total. The van der Waals surface area contributed by atoms with Crippen molar-refractivity contribution in [1.29, 1.82) is 0 Å². The summed E-state index contributed by atoms with van der Waals surface area (Å²) in [6.45, 7) is 4.73. The van der Waals surface area contributed by atoms with Crippen LogP contribution in [0.15, 0.2) is 77.9 Å². The van der Waals surface area contributed by atoms with E-state index in [4.69, 9.17) is 14.2 Å². The van der Waals surface area contributed by atoms with Gasteiger partial charge in [-0.05, 0) is 54.8 Å². The Morgan fingerprint density at radius 1 is 1.05 bits per heavy atom. The van der Waals surface area contributed by atoms with Gasteiger partial charge in [0.15, 0.2) is 0 Å². The van der Waals surface area contributed by atoms with Crippen LogP contribution >= 0.6 is 0 Å². The van der Waals surface area contributed by atoms with Gasteiger partial charge in [-0.1, -0.05) is 24.3 Å². The summed E-state index contributed by atoms with van der Waals surface area (Å²) in [5.41, 5.74) is 6.22. The van der Waals surface area contributed by atoms with Crippen LogP contribution in [0.4, 0.5) is 11.4 Å². The molecule has 0 amide bonds. The number of morpholine rings is 1. The average Bonchev–Trinajstić information content (AvgIpc) is 3.05. The number of pyridine rings is 2. The molecule has 222 valence electrons. The number of hydrogen-bond acceptors (Lipinski definition) is 8. The van der Waals surface area contributed by atoms with E-state index in [0.29, 0.717) is 37.3 Å². The quantitative estimate of drug-likeness (QED) is 0.274. The fourth-order valence-electron chi connectivity index (χ4n) is 6.50. The van der Waals surface area contributed by atoms with Gasteiger partial charge in [-0.2, -0.15) is 0 Å². The molecule has 5 heterocycles. The van der Waals surface area contributed by atoms with E-state index in [-0.39, 0.29) is 11.7 Å². The second kappa shape index (κ2) is 12.1. The number of likely N-dealkylation sites (tertiary alicyclic amines) is 1. The lowest BCUT2D eigenvalue weighted by molar-refractivity contribution is 0.0383. The molecule has 0 radical (unpaired) electrons. The molecule has 2 saturated heterocycles. The zero-order valence-corrected chi connectivity index (χ0v) is 24.4. The number of benzene rings is 2. The SMILES string of the molecule is COc1ncccc1CN1CCC(Nc2ccc3c(c2)Cc2cccc(C4CN(c5ccc[nH]c5=O)CCO4)c2O3)CC1. The fourth-order valence-corrected chi connectivity index (χ4v) is 6.50. The van der Waals surface area contributed by atoms with Crippen LogP contribution in [0.1, 0.15) is 41.2 Å². The van der Waals surface area contributed by atoms with E-state index in [1.165, 1.54) is 5.56 Å². The molecular formula is C34H37N5O4. The van der Waals surface area contributed by atoms with Crippen LogP contribution in [-0.4, -0.2) is 60.8 Å². The van der Waals surface area contributed by atoms with E-state index in [0.717, 1.165) is 72.8 Å². The zero-order chi connectivity index (χ0) is 29.2. The second-order valence-electron chi connectivity index (χ2n) is 11.5. The summed E-state index contributed by atoms with van der Waals surface area (Å²) in [4.78, 5) is 24.1. The molecule has 7 rings (SSSR count). The Kier molecular flexibility index (Phi) is 7.74. The van der Waals surface area contributed by atoms with Crippen LogP contribution in [0.2, 0.25) is 0 Å². The number of rotatable bonds is 7. The Labute approximate surface area is 251 Å². The molecular weight excluding hydrogens is 542 g/mol. The molecule has 2 N–H and O–H groups in total. The monoisotopic (exact) mass is 579 g/mol. The van der Waals surface area contributed by atoms with Gasteiger partial charge in [-0.25, -0.2) is 4.98 Å². The number of methoxy groups -OCH3 is 1. The Hall–Kier alpha value is -4.34. The minimum Gasteiger partial charge on any atom is -0.481 e. The van der Waals surface area contributed by atoms with Crippen LogP contribution < -0.4 is 25.2 Å². The zero-order valence-electron chi connectivity index (χ0n) is 24.4. The Bertz CT molecular complexity index is 1650. The number of nitrogens with zero attached hydrogens (tertiary/aromatic N) is 3. The second-order valence-corrected chi connectivity index (χ2v) is 11.5. The standard InChI is InChI=1S/C34H37N5O4/c1-41-34-24(6-3-14-36-34)21-38-15-11-26(12-16-38)37-27-9-10-30-25(20-27)19-23-5-2-7-28(32(23)43-30)31-22-39(17-18-42-31)29-8-4-13-35-33(29)40/h2-10,13-14,20,26,31,37H,11-12,15-19,21-22H2,1H3,(H,35,40). The van der Waals surface area contributed by atoms with Crippen molar-refractivity contribution >= 4 is 11.4 Å². The highest BCUT2D eigenvalue weighted by molar-refractivity contribution is 5.59. The highest BCUT2D eigenvalue weighted by Gasteiger charge is 2.29. The molecule has 43 heavy (non-hydrogen) atoms. The van der Waals surface area contributed by atoms with E-state index < -0.39 is 0 Å². The normalized spacial score (nSPS) is 18.8. The molecule has 0 saturated carbocycles. The smallest absolute Gasteiger partial charge is 0.271 e. The summed E-state index contributed by atoms with van der Waals surface area (Å²) in [5.74, 6) is 2.48. The Morgan fingerprint density at radius 2 is 1.95 bits per heavy atom. The molecule has 1 unspecified atom stereocenters. The van der Waals surface area contributed by atoms with Crippen LogP contribution in [0, 0.1) is 0 Å². The van der Waals surface area contributed by atoms with Crippen molar-refractivity contribution < 1.29 is 14.2 Å². The van der Waals surface area contributed by atoms with Crippen molar-refractivity contribution in [3.8, 4) is 17.4 Å². The van der Waals surface area contributed by atoms with Gasteiger partial charge in [-0.3, -0.25) is 9.69 Å². The van der Waals surface area contributed by atoms with E-state index in [1.54, 1.807) is 19.5 Å². The van der Waals surface area contributed by atoms with Gasteiger partial charge in [0.2, 0.25) is 5.88 Å². The fraction of sp³-hybridized carbons (Fsp3) is 0.353. The van der Waals surface area contributed by atoms with Crippen LogP contribution in [0.3, 0.4) is 0 Å². The lowest BCUT2D eigenvalue weighted by Crippen LogP contribution is -2.41. The molecule has 0 bridgehead atoms. The van der Waals surface area contributed by atoms with Crippen LogP contribution in [-0.2, 0) is 17.7 Å². The van der Waals surface area contributed by atoms with Crippen LogP contribution in [0.5, 0.6) is 17.4 Å². The third-order valence-electron chi connectivity index (χ3n) is 8.73. The Balaban J connectivity index is 0.999. The lowest BCUT2D eigenvalue weighted by Gasteiger charge is -2.35. The minimum atomic E-state index is -0.184. The van der Waals surface area contributed by atoms with Crippen molar-refractivity contribution in [2.75, 3.05) is 50.1 Å². The molecule has 9 heteroatoms. The van der Waals surface area contributed by atoms with E-state index >= 15 is 0 Å². The Morgan fingerprint density at radius 3 is 2.81 bits per heavy atom. The van der Waals surface area contributed by atoms with Crippen molar-refractivity contribution in [1.82, 2.24) is 14.9 Å². The number of piperidine rings is 1. The summed E-state index contributed by atoms with van der Waals surface area (Å²) in [5, 5.41) is 3.78. The topological polar surface area (TPSA) is 92.0 Å². The number of H-pyrrole nitrogens is 1. The number of para-hydroxylation sites is 1. The van der Waals surface area contributed by atoms with Crippen molar-refractivity contribution in [2.24, 2.45) is 0 Å². The molecule has 3 aliphatic heterocycles. The first-order chi connectivity index (χ1) is 21.1. The van der Waals surface area contributed by atoms with Crippen molar-refractivity contribution in [3.63, 3.8) is 0 Å². The molecule has 0 spiro atoms. The van der Waals surface area contributed by atoms with Gasteiger partial charge in [0.25, 0.3) is 5.56 Å². The number of hydrogen-bond donors (Lipinski definition) is 2. The van der Waals surface area contributed by atoms with Gasteiger partial charge < -0.3 is 29.4 Å². The lowest BCUT2D eigenvalue weighted by atomic mass is 9.95. The first-order valence-corrected chi connectivity index (χ1v) is 15.1. The maximum absolute atomic E-state index is 12.4. The van der Waals surface area contributed by atoms with E-state index in [2.05, 4.69) is 67.5 Å². The molecule has 1 atom stereocenters. The predicted molar refractivity (Wildman–Crippen MR) is 166 cm³/mol. The van der Waals surface area contributed by atoms with Gasteiger partial charge in [0.1, 0.15) is 23.3 Å². The molecule has 3 aliphatic rings. The number of ether oxygens (including phenoxy) is 3. The van der Waals surface area contributed by atoms with Gasteiger partial charge in [0.05, 0.1) is 13.7 Å². The summed E-state index contributed by atoms with van der Waals surface area (Å²) in [7, 11) is 1.68. The molecule has 0 aliphatic carbocycles.